The first kappa shape index (κ1) is 19.3. The highest BCUT2D eigenvalue weighted by Crippen LogP contribution is 2.33. The van der Waals surface area contributed by atoms with Crippen LogP contribution in [0.1, 0.15) is 57.2 Å². The van der Waals surface area contributed by atoms with Crippen LogP contribution in [0.15, 0.2) is 30.3 Å². The largest absolute Gasteiger partial charge is 0.451 e. The summed E-state index contributed by atoms with van der Waals surface area (Å²) in [7, 11) is 0. The van der Waals surface area contributed by atoms with E-state index < -0.39 is 11.9 Å². The smallest absolute Gasteiger partial charge is 0.348 e. The molecule has 0 spiro atoms. The molecule has 5 nitrogen and oxygen atoms in total. The molecule has 3 rings (SSSR count). The van der Waals surface area contributed by atoms with E-state index in [-0.39, 0.29) is 12.4 Å². The maximum Gasteiger partial charge on any atom is 0.348 e. The molecule has 1 aromatic heterocycles. The minimum Gasteiger partial charge on any atom is -0.451 e. The Morgan fingerprint density at radius 2 is 1.96 bits per heavy atom. The first-order valence-corrected chi connectivity index (χ1v) is 9.97. The molecule has 0 radical (unpaired) electrons. The van der Waals surface area contributed by atoms with Crippen molar-refractivity contribution in [3.8, 4) is 0 Å². The van der Waals surface area contributed by atoms with Gasteiger partial charge in [0.25, 0.3) is 5.91 Å². The number of aryl methyl sites for hydroxylation is 1. The molecule has 1 aliphatic carbocycles. The number of nitrogens with one attached hydrogen (secondary N) is 1. The number of carbonyl (C=O) groups excluding carboxylic acids is 3. The van der Waals surface area contributed by atoms with E-state index in [1.54, 1.807) is 24.3 Å². The Morgan fingerprint density at radius 3 is 2.63 bits per heavy atom. The fourth-order valence-corrected chi connectivity index (χ4v) is 4.34. The van der Waals surface area contributed by atoms with Gasteiger partial charge in [0.2, 0.25) is 0 Å². The van der Waals surface area contributed by atoms with Gasteiger partial charge in [0, 0.05) is 16.1 Å². The molecule has 0 aliphatic heterocycles. The number of carbonyl (C=O) groups is 3. The second-order valence-electron chi connectivity index (χ2n) is 6.83. The van der Waals surface area contributed by atoms with Crippen molar-refractivity contribution in [1.29, 1.82) is 0 Å². The molecule has 0 saturated heterocycles. The molecule has 6 heteroatoms. The Bertz CT molecular complexity index is 854. The van der Waals surface area contributed by atoms with Crippen LogP contribution >= 0.6 is 11.3 Å². The number of thiophene rings is 1. The molecule has 0 unspecified atom stereocenters. The van der Waals surface area contributed by atoms with E-state index in [4.69, 9.17) is 4.74 Å². The number of amides is 1. The molecule has 1 aliphatic rings. The maximum atomic E-state index is 12.3. The molecule has 2 aromatic rings. The number of fused-ring (bicyclic) bond motifs is 1. The van der Waals surface area contributed by atoms with E-state index in [1.165, 1.54) is 35.1 Å². The maximum absolute atomic E-state index is 12.3. The number of ether oxygens (including phenoxy) is 1. The normalized spacial score (nSPS) is 15.7. The summed E-state index contributed by atoms with van der Waals surface area (Å²) in [6, 6.07) is 8.50. The topological polar surface area (TPSA) is 72.5 Å². The van der Waals surface area contributed by atoms with E-state index in [1.807, 2.05) is 6.07 Å². The Labute approximate surface area is 162 Å². The summed E-state index contributed by atoms with van der Waals surface area (Å²) in [5.74, 6) is -0.210. The van der Waals surface area contributed by atoms with Gasteiger partial charge in [-0.3, -0.25) is 9.59 Å². The highest BCUT2D eigenvalue weighted by atomic mass is 32.1. The number of esters is 1. The van der Waals surface area contributed by atoms with Gasteiger partial charge in [-0.1, -0.05) is 13.3 Å². The number of ketones is 1. The van der Waals surface area contributed by atoms with Crippen LogP contribution in [-0.2, 0) is 22.4 Å². The van der Waals surface area contributed by atoms with Crippen LogP contribution in [0.2, 0.25) is 0 Å². The van der Waals surface area contributed by atoms with Gasteiger partial charge in [-0.25, -0.2) is 4.79 Å². The summed E-state index contributed by atoms with van der Waals surface area (Å²) in [6.07, 6.45) is 4.36. The number of hydrogen-bond donors (Lipinski definition) is 1. The van der Waals surface area contributed by atoms with Gasteiger partial charge in [-0.2, -0.15) is 0 Å². The van der Waals surface area contributed by atoms with Gasteiger partial charge in [0.05, 0.1) is 0 Å². The van der Waals surface area contributed by atoms with E-state index >= 15 is 0 Å². The number of benzene rings is 1. The van der Waals surface area contributed by atoms with Gasteiger partial charge >= 0.3 is 5.97 Å². The summed E-state index contributed by atoms with van der Waals surface area (Å²) in [5, 5.41) is 2.65. The fraction of sp³-hybridized carbons (Fsp3) is 0.381. The molecule has 1 atom stereocenters. The van der Waals surface area contributed by atoms with Crippen LogP contribution in [0.25, 0.3) is 0 Å². The molecule has 0 bridgehead atoms. The lowest BCUT2D eigenvalue weighted by Crippen LogP contribution is -2.20. The van der Waals surface area contributed by atoms with E-state index in [9.17, 15) is 14.4 Å². The lowest BCUT2D eigenvalue weighted by Gasteiger charge is -2.19. The van der Waals surface area contributed by atoms with Crippen LogP contribution in [0, 0.1) is 5.92 Å². The Hall–Kier alpha value is -2.47. The van der Waals surface area contributed by atoms with Gasteiger partial charge in [0.1, 0.15) is 4.88 Å². The number of Topliss-reactive ketones (excluding diaryl/α,β-unsaturated/α-hetero) is 1. The minimum atomic E-state index is -0.454. The molecule has 0 fully saturated rings. The summed E-state index contributed by atoms with van der Waals surface area (Å²) in [4.78, 5) is 37.3. The van der Waals surface area contributed by atoms with Crippen molar-refractivity contribution >= 4 is 34.7 Å². The first-order chi connectivity index (χ1) is 13.0. The molecule has 1 N–H and O–H groups in total. The van der Waals surface area contributed by atoms with Crippen LogP contribution in [0.3, 0.4) is 0 Å². The third kappa shape index (κ3) is 4.83. The van der Waals surface area contributed by atoms with Crippen molar-refractivity contribution in [1.82, 2.24) is 0 Å². The second-order valence-corrected chi connectivity index (χ2v) is 7.97. The van der Waals surface area contributed by atoms with Crippen molar-refractivity contribution in [3.63, 3.8) is 0 Å². The van der Waals surface area contributed by atoms with Crippen molar-refractivity contribution in [2.24, 2.45) is 5.92 Å². The minimum absolute atomic E-state index is 0.0364. The zero-order valence-corrected chi connectivity index (χ0v) is 16.4. The summed E-state index contributed by atoms with van der Waals surface area (Å²) >= 11 is 1.48. The first-order valence-electron chi connectivity index (χ1n) is 9.15. The van der Waals surface area contributed by atoms with Gasteiger partial charge in [0.15, 0.2) is 12.4 Å². The molecular formula is C21H23NO4S. The van der Waals surface area contributed by atoms with Gasteiger partial charge in [-0.15, -0.1) is 11.3 Å². The average molecular weight is 385 g/mol. The molecular weight excluding hydrogens is 362 g/mol. The second kappa shape index (κ2) is 8.48. The highest BCUT2D eigenvalue weighted by molar-refractivity contribution is 7.14. The summed E-state index contributed by atoms with van der Waals surface area (Å²) < 4.78 is 5.16. The zero-order valence-electron chi connectivity index (χ0n) is 15.5. The number of rotatable bonds is 6. The quantitative estimate of drug-likeness (QED) is 0.596. The van der Waals surface area contributed by atoms with Crippen LogP contribution in [-0.4, -0.2) is 24.3 Å². The summed E-state index contributed by atoms with van der Waals surface area (Å²) in [5.41, 5.74) is 2.38. The van der Waals surface area contributed by atoms with Crippen LogP contribution in [0.5, 0.6) is 0 Å². The summed E-state index contributed by atoms with van der Waals surface area (Å²) in [6.45, 7) is 3.34. The predicted octanol–water partition coefficient (Wildman–Crippen LogP) is 4.26. The van der Waals surface area contributed by atoms with Gasteiger partial charge in [-0.05, 0) is 68.0 Å². The molecule has 1 amide bonds. The molecule has 1 aromatic carbocycles. The molecule has 1 heterocycles. The number of hydrogen-bond acceptors (Lipinski definition) is 5. The zero-order chi connectivity index (χ0) is 19.4. The number of anilines is 1. The lowest BCUT2D eigenvalue weighted by molar-refractivity contribution is -0.119. The molecule has 0 saturated carbocycles. The van der Waals surface area contributed by atoms with Crippen LogP contribution < -0.4 is 5.32 Å². The average Bonchev–Trinajstić information content (AvgIpc) is 3.09. The van der Waals surface area contributed by atoms with E-state index in [0.717, 1.165) is 19.3 Å². The monoisotopic (exact) mass is 385 g/mol. The SMILES string of the molecule is CC[C@H]1CCc2sc(C(=O)OCC(=O)Nc3ccc(C(C)=O)cc3)cc2C1. The fourth-order valence-electron chi connectivity index (χ4n) is 3.24. The third-order valence-electron chi connectivity index (χ3n) is 4.87. The van der Waals surface area contributed by atoms with Gasteiger partial charge < -0.3 is 10.1 Å². The standard InChI is InChI=1S/C21H23NO4S/c1-3-14-4-9-18-16(10-14)11-19(27-18)21(25)26-12-20(24)22-17-7-5-15(6-8-17)13(2)23/h5-8,11,14H,3-4,9-10,12H2,1-2H3,(H,22,24)/t14-/m0/s1. The Balaban J connectivity index is 1.52. The van der Waals surface area contributed by atoms with Crippen molar-refractivity contribution in [2.45, 2.75) is 39.5 Å². The van der Waals surface area contributed by atoms with Crippen molar-refractivity contribution in [2.75, 3.05) is 11.9 Å². The Kier molecular flexibility index (Phi) is 6.06. The van der Waals surface area contributed by atoms with E-state index in [0.29, 0.717) is 22.0 Å². The van der Waals surface area contributed by atoms with Crippen LogP contribution in [0.4, 0.5) is 5.69 Å². The molecule has 142 valence electrons. The van der Waals surface area contributed by atoms with E-state index in [2.05, 4.69) is 12.2 Å². The predicted molar refractivity (Wildman–Crippen MR) is 105 cm³/mol. The van der Waals surface area contributed by atoms with Crippen molar-refractivity contribution < 1.29 is 19.1 Å². The Morgan fingerprint density at radius 1 is 1.22 bits per heavy atom. The molecule has 27 heavy (non-hydrogen) atoms. The van der Waals surface area contributed by atoms with Crippen molar-refractivity contribution in [3.05, 3.63) is 51.2 Å². The lowest BCUT2D eigenvalue weighted by atomic mass is 9.87. The third-order valence-corrected chi connectivity index (χ3v) is 6.09. The highest BCUT2D eigenvalue weighted by Gasteiger charge is 2.23.